The summed E-state index contributed by atoms with van der Waals surface area (Å²) in [6.07, 6.45) is 6.60. The minimum Gasteiger partial charge on any atom is -0.302 e. The molecule has 17 heavy (non-hydrogen) atoms. The Kier molecular flexibility index (Phi) is 5.85. The highest BCUT2D eigenvalue weighted by atomic mass is 32.1. The van der Waals surface area contributed by atoms with Crippen LogP contribution in [0, 0.1) is 10.8 Å². The molecule has 0 unspecified atom stereocenters. The van der Waals surface area contributed by atoms with Crippen LogP contribution in [0.5, 0.6) is 0 Å². The smallest absolute Gasteiger partial charge is 0.00458 e. The van der Waals surface area contributed by atoms with E-state index in [-0.39, 0.29) is 0 Å². The third-order valence-electron chi connectivity index (χ3n) is 5.41. The number of rotatable bonds is 7. The molecule has 0 spiro atoms. The maximum atomic E-state index is 4.60. The van der Waals surface area contributed by atoms with Crippen molar-refractivity contribution in [3.8, 4) is 0 Å². The Balaban J connectivity index is 2.60. The summed E-state index contributed by atoms with van der Waals surface area (Å²) in [5, 5.41) is 0. The molecule has 0 aromatic heterocycles. The molecule has 0 radical (unpaired) electrons. The van der Waals surface area contributed by atoms with Gasteiger partial charge in [0.05, 0.1) is 0 Å². The van der Waals surface area contributed by atoms with Crippen LogP contribution in [0.3, 0.4) is 0 Å². The molecule has 1 fully saturated rings. The molecule has 1 saturated heterocycles. The average Bonchev–Trinajstić information content (AvgIpc) is 2.80. The van der Waals surface area contributed by atoms with Crippen LogP contribution in [0.2, 0.25) is 0 Å². The topological polar surface area (TPSA) is 3.24 Å². The predicted octanol–water partition coefficient (Wildman–Crippen LogP) is 4.23. The Bertz CT molecular complexity index is 211. The van der Waals surface area contributed by atoms with Gasteiger partial charge >= 0.3 is 0 Å². The van der Waals surface area contributed by atoms with Crippen LogP contribution in [0.4, 0.5) is 0 Å². The predicted molar refractivity (Wildman–Crippen MR) is 80.9 cm³/mol. The Morgan fingerprint density at radius 3 is 2.06 bits per heavy atom. The first-order chi connectivity index (χ1) is 8.09. The van der Waals surface area contributed by atoms with Gasteiger partial charge in [-0.2, -0.15) is 12.6 Å². The van der Waals surface area contributed by atoms with Crippen molar-refractivity contribution in [2.75, 3.05) is 25.4 Å². The monoisotopic (exact) mass is 257 g/mol. The Morgan fingerprint density at radius 2 is 1.71 bits per heavy atom. The van der Waals surface area contributed by atoms with E-state index >= 15 is 0 Å². The molecule has 0 saturated carbocycles. The van der Waals surface area contributed by atoms with Crippen LogP contribution < -0.4 is 0 Å². The molecule has 0 N–H and O–H groups in total. The van der Waals surface area contributed by atoms with Crippen LogP contribution in [-0.2, 0) is 0 Å². The second kappa shape index (κ2) is 6.47. The van der Waals surface area contributed by atoms with E-state index in [0.717, 1.165) is 5.75 Å². The molecule has 0 atom stereocenters. The van der Waals surface area contributed by atoms with E-state index in [1.165, 1.54) is 51.7 Å². The molecule has 102 valence electrons. The Hall–Kier alpha value is 0.310. The second-order valence-corrected chi connectivity index (χ2v) is 6.35. The zero-order valence-corrected chi connectivity index (χ0v) is 13.2. The molecule has 0 aliphatic carbocycles. The summed E-state index contributed by atoms with van der Waals surface area (Å²) >= 11 is 4.60. The van der Waals surface area contributed by atoms with E-state index in [2.05, 4.69) is 45.2 Å². The lowest BCUT2D eigenvalue weighted by Gasteiger charge is -2.35. The molecule has 2 heteroatoms. The van der Waals surface area contributed by atoms with Gasteiger partial charge in [-0.25, -0.2) is 0 Å². The van der Waals surface area contributed by atoms with Crippen LogP contribution in [0.25, 0.3) is 0 Å². The van der Waals surface area contributed by atoms with Crippen molar-refractivity contribution >= 4 is 12.6 Å². The number of hydrogen-bond acceptors (Lipinski definition) is 2. The zero-order chi connectivity index (χ0) is 12.9. The van der Waals surface area contributed by atoms with Crippen LogP contribution >= 0.6 is 12.6 Å². The Morgan fingerprint density at radius 1 is 1.12 bits per heavy atom. The summed E-state index contributed by atoms with van der Waals surface area (Å²) in [6.45, 7) is 13.2. The van der Waals surface area contributed by atoms with Crippen molar-refractivity contribution in [1.29, 1.82) is 0 Å². The fraction of sp³-hybridized carbons (Fsp3) is 1.00. The third kappa shape index (κ3) is 3.41. The fourth-order valence-electron chi connectivity index (χ4n) is 3.21. The lowest BCUT2D eigenvalue weighted by atomic mass is 9.81. The maximum absolute atomic E-state index is 4.60. The van der Waals surface area contributed by atoms with E-state index in [1.54, 1.807) is 0 Å². The van der Waals surface area contributed by atoms with Crippen molar-refractivity contribution in [2.45, 2.75) is 59.8 Å². The summed E-state index contributed by atoms with van der Waals surface area (Å²) in [4.78, 5) is 2.70. The van der Waals surface area contributed by atoms with Gasteiger partial charge in [-0.15, -0.1) is 0 Å². The van der Waals surface area contributed by atoms with E-state index in [1.807, 2.05) is 0 Å². The van der Waals surface area contributed by atoms with Crippen LogP contribution in [0.1, 0.15) is 59.8 Å². The molecule has 1 heterocycles. The maximum Gasteiger partial charge on any atom is 0.00458 e. The molecular weight excluding hydrogens is 226 g/mol. The van der Waals surface area contributed by atoms with E-state index < -0.39 is 0 Å². The highest BCUT2D eigenvalue weighted by molar-refractivity contribution is 7.80. The lowest BCUT2D eigenvalue weighted by molar-refractivity contribution is 0.161. The Labute approximate surface area is 114 Å². The molecular formula is C15H31NS. The normalized spacial score (nSPS) is 21.0. The van der Waals surface area contributed by atoms with Gasteiger partial charge in [0.2, 0.25) is 0 Å². The van der Waals surface area contributed by atoms with Gasteiger partial charge in [0, 0.05) is 13.1 Å². The molecule has 1 aliphatic rings. The highest BCUT2D eigenvalue weighted by Crippen LogP contribution is 2.39. The molecule has 1 nitrogen and oxygen atoms in total. The number of nitrogens with zero attached hydrogens (tertiary/aromatic N) is 1. The molecule has 0 bridgehead atoms. The first-order valence-corrected chi connectivity index (χ1v) is 8.05. The molecule has 0 aromatic rings. The van der Waals surface area contributed by atoms with E-state index in [9.17, 15) is 0 Å². The average molecular weight is 257 g/mol. The van der Waals surface area contributed by atoms with Gasteiger partial charge < -0.3 is 4.90 Å². The van der Waals surface area contributed by atoms with E-state index in [4.69, 9.17) is 0 Å². The minimum atomic E-state index is 0.445. The summed E-state index contributed by atoms with van der Waals surface area (Å²) in [6, 6.07) is 0. The largest absolute Gasteiger partial charge is 0.302 e. The summed E-state index contributed by atoms with van der Waals surface area (Å²) in [7, 11) is 0. The minimum absolute atomic E-state index is 0.445. The van der Waals surface area contributed by atoms with Gasteiger partial charge in [-0.3, -0.25) is 0 Å². The van der Waals surface area contributed by atoms with Crippen molar-refractivity contribution in [3.63, 3.8) is 0 Å². The molecule has 1 rings (SSSR count). The van der Waals surface area contributed by atoms with Crippen molar-refractivity contribution < 1.29 is 0 Å². The first-order valence-electron chi connectivity index (χ1n) is 7.42. The number of likely N-dealkylation sites (tertiary alicyclic amines) is 1. The summed E-state index contributed by atoms with van der Waals surface area (Å²) in [5.74, 6) is 1.03. The number of thiol groups is 1. The van der Waals surface area contributed by atoms with Gasteiger partial charge in [0.25, 0.3) is 0 Å². The van der Waals surface area contributed by atoms with Crippen LogP contribution in [0.15, 0.2) is 0 Å². The quantitative estimate of drug-likeness (QED) is 0.668. The molecule has 0 aromatic carbocycles. The van der Waals surface area contributed by atoms with Gasteiger partial charge in [-0.05, 0) is 55.2 Å². The SMILES string of the molecule is CCC(CC)(CS)CN1CCC(CC)(CC)C1. The zero-order valence-electron chi connectivity index (χ0n) is 12.3. The fourth-order valence-corrected chi connectivity index (χ4v) is 3.76. The molecule has 0 amide bonds. The van der Waals surface area contributed by atoms with Gasteiger partial charge in [0.1, 0.15) is 0 Å². The number of hydrogen-bond donors (Lipinski definition) is 1. The summed E-state index contributed by atoms with van der Waals surface area (Å²) in [5.41, 5.74) is 1.06. The summed E-state index contributed by atoms with van der Waals surface area (Å²) < 4.78 is 0. The highest BCUT2D eigenvalue weighted by Gasteiger charge is 2.37. The van der Waals surface area contributed by atoms with Crippen molar-refractivity contribution in [2.24, 2.45) is 10.8 Å². The molecule has 1 aliphatic heterocycles. The third-order valence-corrected chi connectivity index (χ3v) is 6.08. The van der Waals surface area contributed by atoms with Gasteiger partial charge in [0.15, 0.2) is 0 Å². The lowest BCUT2D eigenvalue weighted by Crippen LogP contribution is -2.38. The van der Waals surface area contributed by atoms with Crippen molar-refractivity contribution in [3.05, 3.63) is 0 Å². The van der Waals surface area contributed by atoms with E-state index in [0.29, 0.717) is 10.8 Å². The first kappa shape index (κ1) is 15.4. The van der Waals surface area contributed by atoms with Gasteiger partial charge in [-0.1, -0.05) is 27.7 Å². The standard InChI is InChI=1S/C15H31NS/c1-5-14(6-2)9-10-16(11-14)12-15(7-3,8-4)13-17/h17H,5-13H2,1-4H3. The van der Waals surface area contributed by atoms with Crippen molar-refractivity contribution in [1.82, 2.24) is 4.90 Å². The second-order valence-electron chi connectivity index (χ2n) is 6.03. The van der Waals surface area contributed by atoms with Crippen LogP contribution in [-0.4, -0.2) is 30.3 Å².